The summed E-state index contributed by atoms with van der Waals surface area (Å²) < 4.78 is 0. The Morgan fingerprint density at radius 2 is 1.58 bits per heavy atom. The molecule has 132 valence electrons. The van der Waals surface area contributed by atoms with E-state index in [0.29, 0.717) is 12.1 Å². The summed E-state index contributed by atoms with van der Waals surface area (Å²) in [5, 5.41) is 12.0. The van der Waals surface area contributed by atoms with Crippen molar-refractivity contribution in [2.24, 2.45) is 0 Å². The molecule has 5 heteroatoms. The van der Waals surface area contributed by atoms with Gasteiger partial charge in [0, 0.05) is 24.0 Å². The lowest BCUT2D eigenvalue weighted by Crippen LogP contribution is -2.31. The SMILES string of the molecule is CN(C)CCNC(=O)c1cc2c(c3ccccc13)Nc1ccccc1N2. The molecule has 0 bridgehead atoms. The number of carbonyl (C=O) groups is 1. The van der Waals surface area contributed by atoms with Crippen LogP contribution in [0.25, 0.3) is 10.8 Å². The van der Waals surface area contributed by atoms with Crippen LogP contribution in [0, 0.1) is 0 Å². The van der Waals surface area contributed by atoms with Gasteiger partial charge in [-0.25, -0.2) is 0 Å². The van der Waals surface area contributed by atoms with Crippen LogP contribution in [0.1, 0.15) is 10.4 Å². The molecule has 0 radical (unpaired) electrons. The third kappa shape index (κ3) is 2.97. The van der Waals surface area contributed by atoms with Crippen LogP contribution < -0.4 is 16.0 Å². The predicted molar refractivity (Wildman–Crippen MR) is 108 cm³/mol. The maximum absolute atomic E-state index is 12.8. The number of rotatable bonds is 4. The van der Waals surface area contributed by atoms with Crippen LogP contribution in [0.4, 0.5) is 22.7 Å². The van der Waals surface area contributed by atoms with E-state index in [-0.39, 0.29) is 5.91 Å². The Hall–Kier alpha value is -3.05. The van der Waals surface area contributed by atoms with E-state index in [4.69, 9.17) is 0 Å². The van der Waals surface area contributed by atoms with Crippen LogP contribution in [0.2, 0.25) is 0 Å². The number of fused-ring (bicyclic) bond motifs is 4. The number of anilines is 4. The van der Waals surface area contributed by atoms with Crippen molar-refractivity contribution in [3.05, 3.63) is 60.2 Å². The van der Waals surface area contributed by atoms with Gasteiger partial charge in [0.05, 0.1) is 22.7 Å². The molecule has 0 aromatic heterocycles. The molecule has 1 aliphatic heterocycles. The molecule has 0 atom stereocenters. The number of carbonyl (C=O) groups excluding carboxylic acids is 1. The maximum Gasteiger partial charge on any atom is 0.252 e. The predicted octanol–water partition coefficient (Wildman–Crippen LogP) is 3.93. The Morgan fingerprint density at radius 1 is 0.923 bits per heavy atom. The highest BCUT2D eigenvalue weighted by Crippen LogP contribution is 2.43. The largest absolute Gasteiger partial charge is 0.352 e. The summed E-state index contributed by atoms with van der Waals surface area (Å²) in [4.78, 5) is 14.8. The molecule has 1 heterocycles. The lowest BCUT2D eigenvalue weighted by Gasteiger charge is -2.25. The Kier molecular flexibility index (Phi) is 4.22. The summed E-state index contributed by atoms with van der Waals surface area (Å²) in [6, 6.07) is 18.0. The van der Waals surface area contributed by atoms with Crippen molar-refractivity contribution in [2.75, 3.05) is 37.8 Å². The van der Waals surface area contributed by atoms with Crippen LogP contribution >= 0.6 is 0 Å². The van der Waals surface area contributed by atoms with E-state index in [1.165, 1.54) is 0 Å². The van der Waals surface area contributed by atoms with Crippen molar-refractivity contribution in [2.45, 2.75) is 0 Å². The number of hydrogen-bond donors (Lipinski definition) is 3. The summed E-state index contributed by atoms with van der Waals surface area (Å²) in [6.45, 7) is 1.42. The minimum Gasteiger partial charge on any atom is -0.352 e. The molecule has 1 amide bonds. The topological polar surface area (TPSA) is 56.4 Å². The number of nitrogens with zero attached hydrogens (tertiary/aromatic N) is 1. The average molecular weight is 346 g/mol. The van der Waals surface area contributed by atoms with Crippen LogP contribution in [0.5, 0.6) is 0 Å². The molecular formula is C21H22N4O. The standard InChI is InChI=1S/C21H22N4O/c1-25(2)12-11-22-21(26)16-13-19-20(15-8-4-3-7-14(15)16)24-18-10-6-5-9-17(18)23-19/h3-10,13,23-24H,11-12H2,1-2H3,(H,22,26). The fourth-order valence-corrected chi connectivity index (χ4v) is 3.27. The lowest BCUT2D eigenvalue weighted by atomic mass is 9.98. The first-order valence-electron chi connectivity index (χ1n) is 8.75. The van der Waals surface area contributed by atoms with Gasteiger partial charge in [0.25, 0.3) is 5.91 Å². The highest BCUT2D eigenvalue weighted by Gasteiger charge is 2.20. The highest BCUT2D eigenvalue weighted by atomic mass is 16.1. The number of likely N-dealkylation sites (N-methyl/N-ethyl adjacent to an activating group) is 1. The average Bonchev–Trinajstić information content (AvgIpc) is 2.65. The summed E-state index contributed by atoms with van der Waals surface area (Å²) in [5.74, 6) is -0.0495. The number of para-hydroxylation sites is 2. The molecule has 4 rings (SSSR count). The zero-order valence-electron chi connectivity index (χ0n) is 15.0. The van der Waals surface area contributed by atoms with Gasteiger partial charge in [-0.15, -0.1) is 0 Å². The van der Waals surface area contributed by atoms with E-state index in [9.17, 15) is 4.79 Å². The second-order valence-corrected chi connectivity index (χ2v) is 6.75. The van der Waals surface area contributed by atoms with E-state index in [0.717, 1.165) is 40.1 Å². The zero-order chi connectivity index (χ0) is 18.1. The van der Waals surface area contributed by atoms with Crippen molar-refractivity contribution >= 4 is 39.4 Å². The van der Waals surface area contributed by atoms with Crippen LogP contribution in [-0.4, -0.2) is 38.0 Å². The van der Waals surface area contributed by atoms with Crippen molar-refractivity contribution in [1.82, 2.24) is 10.2 Å². The van der Waals surface area contributed by atoms with Crippen LogP contribution in [0.15, 0.2) is 54.6 Å². The summed E-state index contributed by atoms with van der Waals surface area (Å²) in [6.07, 6.45) is 0. The molecule has 26 heavy (non-hydrogen) atoms. The van der Waals surface area contributed by atoms with Gasteiger partial charge in [-0.2, -0.15) is 0 Å². The summed E-state index contributed by atoms with van der Waals surface area (Å²) >= 11 is 0. The van der Waals surface area contributed by atoms with Crippen molar-refractivity contribution in [1.29, 1.82) is 0 Å². The first-order valence-corrected chi connectivity index (χ1v) is 8.75. The van der Waals surface area contributed by atoms with Gasteiger partial charge in [0.1, 0.15) is 0 Å². The smallest absolute Gasteiger partial charge is 0.252 e. The van der Waals surface area contributed by atoms with E-state index in [1.54, 1.807) is 0 Å². The van der Waals surface area contributed by atoms with Gasteiger partial charge in [-0.1, -0.05) is 36.4 Å². The van der Waals surface area contributed by atoms with Gasteiger partial charge in [0.2, 0.25) is 0 Å². The number of benzene rings is 3. The van der Waals surface area contributed by atoms with Gasteiger partial charge in [0.15, 0.2) is 0 Å². The highest BCUT2D eigenvalue weighted by molar-refractivity contribution is 6.15. The van der Waals surface area contributed by atoms with Gasteiger partial charge < -0.3 is 20.9 Å². The fraction of sp³-hybridized carbons (Fsp3) is 0.190. The second-order valence-electron chi connectivity index (χ2n) is 6.75. The molecule has 3 aromatic carbocycles. The molecule has 1 aliphatic rings. The second kappa shape index (κ2) is 6.69. The van der Waals surface area contributed by atoms with Gasteiger partial charge >= 0.3 is 0 Å². The van der Waals surface area contributed by atoms with Gasteiger partial charge in [-0.05, 0) is 37.7 Å². The first-order chi connectivity index (χ1) is 12.6. The van der Waals surface area contributed by atoms with E-state index in [2.05, 4.69) is 16.0 Å². The molecule has 3 N–H and O–H groups in total. The molecule has 0 saturated heterocycles. The molecule has 0 spiro atoms. The Balaban J connectivity index is 1.75. The van der Waals surface area contributed by atoms with E-state index in [1.807, 2.05) is 73.6 Å². The Bertz CT molecular complexity index is 981. The molecule has 0 aliphatic carbocycles. The third-order valence-electron chi connectivity index (χ3n) is 4.59. The summed E-state index contributed by atoms with van der Waals surface area (Å²) in [7, 11) is 3.99. The molecular weight excluding hydrogens is 324 g/mol. The monoisotopic (exact) mass is 346 g/mol. The normalized spacial score (nSPS) is 12.1. The minimum atomic E-state index is -0.0495. The van der Waals surface area contributed by atoms with Gasteiger partial charge in [-0.3, -0.25) is 4.79 Å². The molecule has 3 aromatic rings. The molecule has 0 saturated carbocycles. The summed E-state index contributed by atoms with van der Waals surface area (Å²) in [5.41, 5.74) is 4.65. The van der Waals surface area contributed by atoms with Crippen molar-refractivity contribution < 1.29 is 4.79 Å². The number of amides is 1. The third-order valence-corrected chi connectivity index (χ3v) is 4.59. The minimum absolute atomic E-state index is 0.0495. The van der Waals surface area contributed by atoms with Crippen molar-refractivity contribution in [3.8, 4) is 0 Å². The Morgan fingerprint density at radius 3 is 2.31 bits per heavy atom. The quantitative estimate of drug-likeness (QED) is 0.524. The lowest BCUT2D eigenvalue weighted by molar-refractivity contribution is 0.0953. The maximum atomic E-state index is 12.8. The number of hydrogen-bond acceptors (Lipinski definition) is 4. The number of nitrogens with one attached hydrogen (secondary N) is 3. The van der Waals surface area contributed by atoms with Crippen LogP contribution in [0.3, 0.4) is 0 Å². The first kappa shape index (κ1) is 16.4. The van der Waals surface area contributed by atoms with Crippen molar-refractivity contribution in [3.63, 3.8) is 0 Å². The molecule has 5 nitrogen and oxygen atoms in total. The Labute approximate surface area is 153 Å². The van der Waals surface area contributed by atoms with E-state index >= 15 is 0 Å². The zero-order valence-corrected chi connectivity index (χ0v) is 15.0. The fourth-order valence-electron chi connectivity index (χ4n) is 3.27. The van der Waals surface area contributed by atoms with E-state index < -0.39 is 0 Å². The molecule has 0 unspecified atom stereocenters. The molecule has 0 fully saturated rings. The van der Waals surface area contributed by atoms with Crippen LogP contribution in [-0.2, 0) is 0 Å².